The average Bonchev–Trinajstić information content (AvgIpc) is 2.72. The third-order valence-corrected chi connectivity index (χ3v) is 4.67. The van der Waals surface area contributed by atoms with Crippen LogP contribution >= 0.6 is 12.4 Å². The van der Waals surface area contributed by atoms with E-state index in [1.54, 1.807) is 38.3 Å². The predicted octanol–water partition coefficient (Wildman–Crippen LogP) is 3.87. The summed E-state index contributed by atoms with van der Waals surface area (Å²) in [5, 5.41) is 2.74. The minimum atomic E-state index is -0.637. The maximum absolute atomic E-state index is 12.6. The van der Waals surface area contributed by atoms with Crippen LogP contribution in [-0.2, 0) is 19.4 Å². The van der Waals surface area contributed by atoms with Gasteiger partial charge in [0.1, 0.15) is 17.1 Å². The van der Waals surface area contributed by atoms with Crippen molar-refractivity contribution in [2.24, 2.45) is 5.73 Å². The fourth-order valence-electron chi connectivity index (χ4n) is 3.10. The van der Waals surface area contributed by atoms with Gasteiger partial charge in [-0.2, -0.15) is 0 Å². The molecule has 0 aliphatic carbocycles. The lowest BCUT2D eigenvalue weighted by molar-refractivity contribution is 0.102. The van der Waals surface area contributed by atoms with Crippen molar-refractivity contribution >= 4 is 24.0 Å². The topological polar surface area (TPSA) is 94.6 Å². The Hall–Kier alpha value is -3.09. The number of amides is 1. The third kappa shape index (κ3) is 5.72. The van der Waals surface area contributed by atoms with Gasteiger partial charge in [-0.05, 0) is 60.4 Å². The zero-order valence-electron chi connectivity index (χ0n) is 16.9. The van der Waals surface area contributed by atoms with Crippen LogP contribution in [0.3, 0.4) is 0 Å². The van der Waals surface area contributed by atoms with Gasteiger partial charge in [0.05, 0.1) is 7.11 Å². The average molecular weight is 429 g/mol. The number of methoxy groups -OCH3 is 1. The normalized spacial score (nSPS) is 10.2. The summed E-state index contributed by atoms with van der Waals surface area (Å²) in [5.41, 5.74) is 8.16. The molecule has 3 N–H and O–H groups in total. The van der Waals surface area contributed by atoms with Crippen molar-refractivity contribution < 1.29 is 13.9 Å². The van der Waals surface area contributed by atoms with E-state index in [4.69, 9.17) is 14.9 Å². The van der Waals surface area contributed by atoms with E-state index in [-0.39, 0.29) is 18.0 Å². The second-order valence-corrected chi connectivity index (χ2v) is 6.76. The van der Waals surface area contributed by atoms with Crippen molar-refractivity contribution in [2.75, 3.05) is 12.4 Å². The largest absolute Gasteiger partial charge is 0.497 e. The highest BCUT2D eigenvalue weighted by atomic mass is 35.5. The van der Waals surface area contributed by atoms with E-state index >= 15 is 0 Å². The number of aryl methyl sites for hydroxylation is 3. The second kappa shape index (κ2) is 10.6. The van der Waals surface area contributed by atoms with Crippen molar-refractivity contribution in [2.45, 2.75) is 26.3 Å². The molecule has 1 amide bonds. The van der Waals surface area contributed by atoms with E-state index in [0.29, 0.717) is 36.4 Å². The monoisotopic (exact) mass is 428 g/mol. The highest BCUT2D eigenvalue weighted by Crippen LogP contribution is 2.16. The first kappa shape index (κ1) is 23.2. The minimum Gasteiger partial charge on any atom is -0.497 e. The Labute approximate surface area is 181 Å². The van der Waals surface area contributed by atoms with Gasteiger partial charge in [-0.25, -0.2) is 4.79 Å². The van der Waals surface area contributed by atoms with Crippen LogP contribution in [0.2, 0.25) is 0 Å². The fraction of sp³-hybridized carbons (Fsp3) is 0.217. The number of halogens is 1. The summed E-state index contributed by atoms with van der Waals surface area (Å²) in [6.07, 6.45) is 1.27. The van der Waals surface area contributed by atoms with Gasteiger partial charge in [-0.15, -0.1) is 12.4 Å². The van der Waals surface area contributed by atoms with Gasteiger partial charge in [0.2, 0.25) is 0 Å². The molecule has 3 rings (SSSR count). The maximum Gasteiger partial charge on any atom is 0.349 e. The summed E-state index contributed by atoms with van der Waals surface area (Å²) in [5.74, 6) is 0.848. The summed E-state index contributed by atoms with van der Waals surface area (Å²) in [7, 11) is 1.62. The first-order valence-corrected chi connectivity index (χ1v) is 9.37. The number of benzene rings is 2. The van der Waals surface area contributed by atoms with Crippen LogP contribution in [0.4, 0.5) is 5.69 Å². The van der Waals surface area contributed by atoms with Crippen LogP contribution in [0.25, 0.3) is 0 Å². The zero-order valence-corrected chi connectivity index (χ0v) is 17.8. The SMILES string of the molecule is COc1ccc(CCc2cc(C)c(C(=O)Nc3cccc(CN)c3)c(=O)o2)cc1.Cl. The smallest absolute Gasteiger partial charge is 0.349 e. The van der Waals surface area contributed by atoms with Crippen LogP contribution in [0.5, 0.6) is 5.75 Å². The van der Waals surface area contributed by atoms with Crippen molar-refractivity contribution in [1.82, 2.24) is 0 Å². The molecule has 2 aromatic carbocycles. The Morgan fingerprint density at radius 3 is 2.43 bits per heavy atom. The number of carbonyl (C=O) groups is 1. The number of hydrogen-bond donors (Lipinski definition) is 2. The first-order chi connectivity index (χ1) is 14.0. The van der Waals surface area contributed by atoms with Gasteiger partial charge in [-0.3, -0.25) is 4.79 Å². The molecule has 7 heteroatoms. The number of hydrogen-bond acceptors (Lipinski definition) is 5. The summed E-state index contributed by atoms with van der Waals surface area (Å²) in [6.45, 7) is 2.10. The quantitative estimate of drug-likeness (QED) is 0.595. The van der Waals surface area contributed by atoms with Gasteiger partial charge in [0.15, 0.2) is 0 Å². The Kier molecular flexibility index (Phi) is 8.21. The molecule has 0 radical (unpaired) electrons. The molecule has 0 atom stereocenters. The molecule has 0 saturated carbocycles. The number of carbonyl (C=O) groups excluding carboxylic acids is 1. The van der Waals surface area contributed by atoms with Crippen molar-refractivity contribution in [3.63, 3.8) is 0 Å². The van der Waals surface area contributed by atoms with Crippen LogP contribution in [-0.4, -0.2) is 13.0 Å². The van der Waals surface area contributed by atoms with Crippen LogP contribution in [0.15, 0.2) is 63.8 Å². The molecule has 1 heterocycles. The van der Waals surface area contributed by atoms with Gasteiger partial charge in [0, 0.05) is 18.7 Å². The Balaban J connectivity index is 0.00000320. The molecule has 0 fully saturated rings. The molecule has 158 valence electrons. The Morgan fingerprint density at radius 2 is 1.80 bits per heavy atom. The molecule has 30 heavy (non-hydrogen) atoms. The highest BCUT2D eigenvalue weighted by Gasteiger charge is 2.17. The van der Waals surface area contributed by atoms with Crippen molar-refractivity contribution in [3.8, 4) is 5.75 Å². The predicted molar refractivity (Wildman–Crippen MR) is 120 cm³/mol. The molecule has 0 aliphatic heterocycles. The molecule has 1 aromatic heterocycles. The van der Waals surface area contributed by atoms with Crippen LogP contribution in [0.1, 0.15) is 32.8 Å². The molecular formula is C23H25ClN2O4. The van der Waals surface area contributed by atoms with E-state index in [2.05, 4.69) is 5.32 Å². The summed E-state index contributed by atoms with van der Waals surface area (Å²) in [6, 6.07) is 16.7. The van der Waals surface area contributed by atoms with E-state index in [0.717, 1.165) is 16.9 Å². The maximum atomic E-state index is 12.6. The molecule has 0 bridgehead atoms. The van der Waals surface area contributed by atoms with Crippen molar-refractivity contribution in [3.05, 3.63) is 93.0 Å². The van der Waals surface area contributed by atoms with Crippen LogP contribution < -0.4 is 21.4 Å². The van der Waals surface area contributed by atoms with E-state index in [1.807, 2.05) is 30.3 Å². The summed E-state index contributed by atoms with van der Waals surface area (Å²) >= 11 is 0. The number of nitrogens with two attached hydrogens (primary N) is 1. The molecule has 0 saturated heterocycles. The van der Waals surface area contributed by atoms with Gasteiger partial charge >= 0.3 is 5.63 Å². The summed E-state index contributed by atoms with van der Waals surface area (Å²) in [4.78, 5) is 25.0. The molecule has 3 aromatic rings. The van der Waals surface area contributed by atoms with Gasteiger partial charge < -0.3 is 20.2 Å². The van der Waals surface area contributed by atoms with E-state index in [9.17, 15) is 9.59 Å². The molecular weight excluding hydrogens is 404 g/mol. The van der Waals surface area contributed by atoms with Gasteiger partial charge in [-0.1, -0.05) is 24.3 Å². The first-order valence-electron chi connectivity index (χ1n) is 9.37. The lowest BCUT2D eigenvalue weighted by Crippen LogP contribution is -2.23. The molecule has 0 spiro atoms. The molecule has 0 aliphatic rings. The molecule has 6 nitrogen and oxygen atoms in total. The van der Waals surface area contributed by atoms with Gasteiger partial charge in [0.25, 0.3) is 5.91 Å². The number of ether oxygens (including phenoxy) is 1. The Bertz CT molecular complexity index is 1060. The number of anilines is 1. The third-order valence-electron chi connectivity index (χ3n) is 4.67. The molecule has 0 unspecified atom stereocenters. The lowest BCUT2D eigenvalue weighted by atomic mass is 10.1. The second-order valence-electron chi connectivity index (χ2n) is 6.76. The minimum absolute atomic E-state index is 0. The van der Waals surface area contributed by atoms with E-state index in [1.165, 1.54) is 0 Å². The lowest BCUT2D eigenvalue weighted by Gasteiger charge is -2.09. The van der Waals surface area contributed by atoms with Crippen LogP contribution in [0, 0.1) is 6.92 Å². The number of nitrogens with one attached hydrogen (secondary N) is 1. The van der Waals surface area contributed by atoms with Crippen molar-refractivity contribution in [1.29, 1.82) is 0 Å². The standard InChI is InChI=1S/C23H24N2O4.ClH/c1-15-12-20(11-8-16-6-9-19(28-2)10-7-16)29-23(27)21(15)22(26)25-18-5-3-4-17(13-18)14-24;/h3-7,9-10,12-13H,8,11,14,24H2,1-2H3,(H,25,26);1H. The number of rotatable bonds is 7. The fourth-order valence-corrected chi connectivity index (χ4v) is 3.10. The highest BCUT2D eigenvalue weighted by molar-refractivity contribution is 6.04. The summed E-state index contributed by atoms with van der Waals surface area (Å²) < 4.78 is 10.5. The zero-order chi connectivity index (χ0) is 20.8. The Morgan fingerprint density at radius 1 is 1.07 bits per heavy atom. The van der Waals surface area contributed by atoms with E-state index < -0.39 is 11.5 Å².